The lowest BCUT2D eigenvalue weighted by Gasteiger charge is -2.12. The van der Waals surface area contributed by atoms with Crippen LogP contribution in [0.1, 0.15) is 11.1 Å². The zero-order valence-electron chi connectivity index (χ0n) is 17.7. The summed E-state index contributed by atoms with van der Waals surface area (Å²) < 4.78 is 5.92. The highest BCUT2D eigenvalue weighted by Gasteiger charge is 2.36. The summed E-state index contributed by atoms with van der Waals surface area (Å²) in [5.41, 5.74) is 2.06. The lowest BCUT2D eigenvalue weighted by Crippen LogP contribution is -2.36. The van der Waals surface area contributed by atoms with Gasteiger partial charge in [-0.25, -0.2) is 0 Å². The lowest BCUT2D eigenvalue weighted by atomic mass is 10.1. The number of ether oxygens (including phenoxy) is 1. The van der Waals surface area contributed by atoms with Crippen LogP contribution in [0.15, 0.2) is 77.7 Å². The van der Waals surface area contributed by atoms with E-state index in [0.717, 1.165) is 22.2 Å². The summed E-state index contributed by atoms with van der Waals surface area (Å²) in [5, 5.41) is 3.22. The number of thioether (sulfide) groups is 1. The Bertz CT molecular complexity index is 1280. The van der Waals surface area contributed by atoms with Crippen molar-refractivity contribution in [2.45, 2.75) is 6.61 Å². The SMILES string of the molecule is O=C(CN1C(=O)S/C(=C/c2ccccc2OCc2ccc(Cl)cc2)C1=O)Nc1cccc(Cl)c1. The smallest absolute Gasteiger partial charge is 0.294 e. The minimum atomic E-state index is -0.538. The largest absolute Gasteiger partial charge is 0.488 e. The van der Waals surface area contributed by atoms with E-state index in [-0.39, 0.29) is 4.91 Å². The number of carbonyl (C=O) groups excluding carboxylic acids is 3. The van der Waals surface area contributed by atoms with Crippen LogP contribution in [-0.4, -0.2) is 28.5 Å². The van der Waals surface area contributed by atoms with Crippen molar-refractivity contribution in [3.05, 3.63) is 98.9 Å². The molecule has 9 heteroatoms. The molecule has 3 amide bonds. The summed E-state index contributed by atoms with van der Waals surface area (Å²) in [6, 6.07) is 21.1. The third-order valence-electron chi connectivity index (χ3n) is 4.80. The van der Waals surface area contributed by atoms with Gasteiger partial charge in [-0.2, -0.15) is 0 Å². The summed E-state index contributed by atoms with van der Waals surface area (Å²) >= 11 is 12.6. The molecule has 3 aromatic rings. The maximum atomic E-state index is 12.8. The van der Waals surface area contributed by atoms with E-state index >= 15 is 0 Å². The summed E-state index contributed by atoms with van der Waals surface area (Å²) in [6.45, 7) is -0.0869. The van der Waals surface area contributed by atoms with Gasteiger partial charge in [0.1, 0.15) is 18.9 Å². The van der Waals surface area contributed by atoms with Crippen LogP contribution in [0, 0.1) is 0 Å². The van der Waals surface area contributed by atoms with Gasteiger partial charge >= 0.3 is 0 Å². The van der Waals surface area contributed by atoms with Crippen molar-refractivity contribution >= 4 is 63.8 Å². The molecule has 0 bridgehead atoms. The second-order valence-corrected chi connectivity index (χ2v) is 9.15. The quantitative estimate of drug-likeness (QED) is 0.378. The molecule has 4 rings (SSSR count). The van der Waals surface area contributed by atoms with Gasteiger partial charge in [-0.15, -0.1) is 0 Å². The molecule has 0 radical (unpaired) electrons. The van der Waals surface area contributed by atoms with E-state index in [2.05, 4.69) is 5.32 Å². The fraction of sp³-hybridized carbons (Fsp3) is 0.0800. The van der Waals surface area contributed by atoms with Gasteiger partial charge in [0.25, 0.3) is 11.1 Å². The number of nitrogens with one attached hydrogen (secondary N) is 1. The minimum Gasteiger partial charge on any atom is -0.488 e. The van der Waals surface area contributed by atoms with Crippen molar-refractivity contribution in [2.24, 2.45) is 0 Å². The zero-order valence-corrected chi connectivity index (χ0v) is 20.0. The van der Waals surface area contributed by atoms with Crippen molar-refractivity contribution < 1.29 is 19.1 Å². The van der Waals surface area contributed by atoms with Crippen molar-refractivity contribution in [1.82, 2.24) is 4.90 Å². The summed E-state index contributed by atoms with van der Waals surface area (Å²) in [4.78, 5) is 38.8. The van der Waals surface area contributed by atoms with Gasteiger partial charge in [0.2, 0.25) is 5.91 Å². The highest BCUT2D eigenvalue weighted by atomic mass is 35.5. The number of amides is 3. The average molecular weight is 513 g/mol. The Morgan fingerprint density at radius 3 is 2.50 bits per heavy atom. The molecule has 172 valence electrons. The Morgan fingerprint density at radius 1 is 0.971 bits per heavy atom. The molecule has 0 unspecified atom stereocenters. The average Bonchev–Trinajstić information content (AvgIpc) is 3.07. The highest BCUT2D eigenvalue weighted by molar-refractivity contribution is 8.18. The Kier molecular flexibility index (Phi) is 7.57. The lowest BCUT2D eigenvalue weighted by molar-refractivity contribution is -0.127. The molecule has 0 spiro atoms. The second-order valence-electron chi connectivity index (χ2n) is 7.28. The molecule has 1 aliphatic rings. The van der Waals surface area contributed by atoms with Crippen LogP contribution in [-0.2, 0) is 16.2 Å². The Balaban J connectivity index is 1.44. The zero-order chi connectivity index (χ0) is 24.1. The first kappa shape index (κ1) is 23.9. The molecule has 0 aliphatic carbocycles. The number of rotatable bonds is 7. The summed E-state index contributed by atoms with van der Waals surface area (Å²) in [6.07, 6.45) is 1.59. The number of imide groups is 1. The van der Waals surface area contributed by atoms with E-state index in [1.54, 1.807) is 54.6 Å². The van der Waals surface area contributed by atoms with E-state index in [9.17, 15) is 14.4 Å². The number of halogens is 2. The summed E-state index contributed by atoms with van der Waals surface area (Å²) in [7, 11) is 0. The molecule has 1 aliphatic heterocycles. The van der Waals surface area contributed by atoms with Crippen LogP contribution in [0.2, 0.25) is 10.0 Å². The molecular weight excluding hydrogens is 495 g/mol. The molecule has 0 aromatic heterocycles. The number of para-hydroxylation sites is 1. The van der Waals surface area contributed by atoms with Crippen molar-refractivity contribution in [3.8, 4) is 5.75 Å². The number of hydrogen-bond acceptors (Lipinski definition) is 5. The van der Waals surface area contributed by atoms with E-state index in [1.807, 2.05) is 24.3 Å². The summed E-state index contributed by atoms with van der Waals surface area (Å²) in [5.74, 6) is -0.482. The van der Waals surface area contributed by atoms with Gasteiger partial charge in [0, 0.05) is 21.3 Å². The number of carbonyl (C=O) groups is 3. The molecule has 34 heavy (non-hydrogen) atoms. The van der Waals surface area contributed by atoms with Gasteiger partial charge in [-0.3, -0.25) is 19.3 Å². The molecule has 1 saturated heterocycles. The Labute approximate surface area is 210 Å². The van der Waals surface area contributed by atoms with Crippen LogP contribution < -0.4 is 10.1 Å². The third-order valence-corrected chi connectivity index (χ3v) is 6.19. The predicted molar refractivity (Wildman–Crippen MR) is 135 cm³/mol. The van der Waals surface area contributed by atoms with Crippen molar-refractivity contribution in [1.29, 1.82) is 0 Å². The van der Waals surface area contributed by atoms with Gasteiger partial charge in [0.15, 0.2) is 0 Å². The molecule has 3 aromatic carbocycles. The van der Waals surface area contributed by atoms with Gasteiger partial charge in [-0.1, -0.05) is 59.6 Å². The fourth-order valence-electron chi connectivity index (χ4n) is 3.16. The Morgan fingerprint density at radius 2 is 1.74 bits per heavy atom. The van der Waals surface area contributed by atoms with Crippen LogP contribution in [0.3, 0.4) is 0 Å². The second kappa shape index (κ2) is 10.8. The van der Waals surface area contributed by atoms with Crippen LogP contribution >= 0.6 is 35.0 Å². The predicted octanol–water partition coefficient (Wildman–Crippen LogP) is 6.25. The topological polar surface area (TPSA) is 75.7 Å². The van der Waals surface area contributed by atoms with Gasteiger partial charge < -0.3 is 10.1 Å². The first-order chi connectivity index (χ1) is 16.4. The van der Waals surface area contributed by atoms with Crippen LogP contribution in [0.4, 0.5) is 10.5 Å². The number of benzene rings is 3. The fourth-order valence-corrected chi connectivity index (χ4v) is 4.31. The monoisotopic (exact) mass is 512 g/mol. The highest BCUT2D eigenvalue weighted by Crippen LogP contribution is 2.34. The molecule has 1 fully saturated rings. The van der Waals surface area contributed by atoms with Gasteiger partial charge in [-0.05, 0) is 59.8 Å². The number of nitrogens with zero attached hydrogens (tertiary/aromatic N) is 1. The molecule has 0 saturated carbocycles. The molecule has 6 nitrogen and oxygen atoms in total. The van der Waals surface area contributed by atoms with E-state index in [0.29, 0.717) is 33.7 Å². The van der Waals surface area contributed by atoms with Crippen molar-refractivity contribution in [2.75, 3.05) is 11.9 Å². The van der Waals surface area contributed by atoms with Crippen LogP contribution in [0.5, 0.6) is 5.75 Å². The van der Waals surface area contributed by atoms with Gasteiger partial charge in [0.05, 0.1) is 4.91 Å². The molecule has 0 atom stereocenters. The normalized spacial score (nSPS) is 14.5. The number of anilines is 1. The van der Waals surface area contributed by atoms with E-state index in [1.165, 1.54) is 0 Å². The van der Waals surface area contributed by atoms with E-state index in [4.69, 9.17) is 27.9 Å². The third kappa shape index (κ3) is 5.99. The molecule has 1 heterocycles. The number of hydrogen-bond donors (Lipinski definition) is 1. The first-order valence-electron chi connectivity index (χ1n) is 10.2. The maximum absolute atomic E-state index is 12.8. The van der Waals surface area contributed by atoms with Crippen molar-refractivity contribution in [3.63, 3.8) is 0 Å². The minimum absolute atomic E-state index is 0.211. The first-order valence-corrected chi connectivity index (χ1v) is 11.7. The Hall–Kier alpha value is -3.26. The van der Waals surface area contributed by atoms with E-state index < -0.39 is 23.6 Å². The molecular formula is C25H18Cl2N2O4S. The van der Waals surface area contributed by atoms with Crippen LogP contribution in [0.25, 0.3) is 6.08 Å². The standard InChI is InChI=1S/C25H18Cl2N2O4S/c26-18-10-8-16(9-11-18)15-33-21-7-2-1-4-17(21)12-22-24(31)29(25(32)34-22)14-23(30)28-20-6-3-5-19(27)13-20/h1-13H,14-15H2,(H,28,30)/b22-12+. The maximum Gasteiger partial charge on any atom is 0.294 e. The molecule has 1 N–H and O–H groups in total.